The molecule has 0 aliphatic rings. The first-order valence-corrected chi connectivity index (χ1v) is 7.23. The number of benzene rings is 2. The summed E-state index contributed by atoms with van der Waals surface area (Å²) in [6.07, 6.45) is 3.14. The highest BCUT2D eigenvalue weighted by Crippen LogP contribution is 2.32. The van der Waals surface area contributed by atoms with E-state index in [0.717, 1.165) is 25.0 Å². The molecule has 0 saturated carbocycles. The van der Waals surface area contributed by atoms with Gasteiger partial charge in [-0.2, -0.15) is 0 Å². The van der Waals surface area contributed by atoms with E-state index in [1.165, 1.54) is 27.5 Å². The monoisotopic (exact) mass is 255 g/mol. The van der Waals surface area contributed by atoms with Gasteiger partial charge >= 0.3 is 0 Å². The lowest BCUT2D eigenvalue weighted by Gasteiger charge is -2.14. The van der Waals surface area contributed by atoms with Crippen molar-refractivity contribution in [3.63, 3.8) is 0 Å². The van der Waals surface area contributed by atoms with E-state index >= 15 is 0 Å². The van der Waals surface area contributed by atoms with Crippen molar-refractivity contribution in [2.45, 2.75) is 40.0 Å². The molecule has 0 spiro atoms. The molecular formula is C18H23O. The molecule has 0 aromatic heterocycles. The van der Waals surface area contributed by atoms with Crippen LogP contribution in [0.15, 0.2) is 24.3 Å². The number of hydrogen-bond acceptors (Lipinski definition) is 1. The molecule has 1 radical (unpaired) electrons. The SMILES string of the molecule is [CH2]COc1cc(CC)cc2c(CC)cc(CC)cc12. The van der Waals surface area contributed by atoms with E-state index in [4.69, 9.17) is 4.74 Å². The second-order valence-electron chi connectivity index (χ2n) is 4.85. The van der Waals surface area contributed by atoms with Gasteiger partial charge in [0.25, 0.3) is 0 Å². The summed E-state index contributed by atoms with van der Waals surface area (Å²) in [6.45, 7) is 10.9. The number of fused-ring (bicyclic) bond motifs is 1. The third kappa shape index (κ3) is 2.75. The third-order valence-corrected chi connectivity index (χ3v) is 3.69. The van der Waals surface area contributed by atoms with Crippen molar-refractivity contribution in [2.24, 2.45) is 0 Å². The van der Waals surface area contributed by atoms with Gasteiger partial charge in [-0.1, -0.05) is 32.9 Å². The molecule has 0 atom stereocenters. The average molecular weight is 255 g/mol. The van der Waals surface area contributed by atoms with Crippen LogP contribution in [0.5, 0.6) is 5.75 Å². The van der Waals surface area contributed by atoms with E-state index in [1.807, 2.05) is 0 Å². The highest BCUT2D eigenvalue weighted by molar-refractivity contribution is 5.92. The maximum absolute atomic E-state index is 5.75. The summed E-state index contributed by atoms with van der Waals surface area (Å²) in [5.41, 5.74) is 4.12. The van der Waals surface area contributed by atoms with Crippen LogP contribution in [0.2, 0.25) is 0 Å². The Morgan fingerprint density at radius 1 is 0.842 bits per heavy atom. The Morgan fingerprint density at radius 3 is 2.05 bits per heavy atom. The number of hydrogen-bond donors (Lipinski definition) is 0. The summed E-state index contributed by atoms with van der Waals surface area (Å²) in [5, 5.41) is 2.57. The van der Waals surface area contributed by atoms with Crippen LogP contribution in [0.1, 0.15) is 37.5 Å². The van der Waals surface area contributed by atoms with Crippen molar-refractivity contribution in [1.82, 2.24) is 0 Å². The molecule has 0 N–H and O–H groups in total. The Labute approximate surface area is 116 Å². The first kappa shape index (κ1) is 13.9. The lowest BCUT2D eigenvalue weighted by Crippen LogP contribution is -1.97. The molecule has 1 nitrogen and oxygen atoms in total. The van der Waals surface area contributed by atoms with Crippen molar-refractivity contribution < 1.29 is 4.74 Å². The van der Waals surface area contributed by atoms with E-state index in [2.05, 4.69) is 52.0 Å². The summed E-state index contributed by atoms with van der Waals surface area (Å²) in [7, 11) is 0. The van der Waals surface area contributed by atoms with E-state index in [9.17, 15) is 0 Å². The summed E-state index contributed by atoms with van der Waals surface area (Å²) in [6, 6.07) is 9.06. The van der Waals surface area contributed by atoms with Crippen LogP contribution < -0.4 is 4.74 Å². The van der Waals surface area contributed by atoms with Crippen LogP contribution in [0.25, 0.3) is 10.8 Å². The summed E-state index contributed by atoms with van der Waals surface area (Å²) in [5.74, 6) is 0.981. The van der Waals surface area contributed by atoms with Crippen LogP contribution >= 0.6 is 0 Å². The quantitative estimate of drug-likeness (QED) is 0.750. The molecule has 0 aliphatic heterocycles. The van der Waals surface area contributed by atoms with E-state index in [0.29, 0.717) is 6.61 Å². The minimum Gasteiger partial charge on any atom is -0.493 e. The van der Waals surface area contributed by atoms with Gasteiger partial charge in [0.1, 0.15) is 5.75 Å². The number of ether oxygens (including phenoxy) is 1. The molecule has 1 heteroatoms. The maximum atomic E-state index is 5.75. The van der Waals surface area contributed by atoms with Crippen molar-refractivity contribution in [1.29, 1.82) is 0 Å². The van der Waals surface area contributed by atoms with Gasteiger partial charge in [-0.05, 0) is 60.4 Å². The largest absolute Gasteiger partial charge is 0.493 e. The molecular weight excluding hydrogens is 232 g/mol. The molecule has 2 aromatic carbocycles. The van der Waals surface area contributed by atoms with Crippen molar-refractivity contribution >= 4 is 10.8 Å². The molecule has 0 heterocycles. The second kappa shape index (κ2) is 6.10. The van der Waals surface area contributed by atoms with Crippen LogP contribution in [-0.2, 0) is 19.3 Å². The van der Waals surface area contributed by atoms with Gasteiger partial charge in [-0.15, -0.1) is 0 Å². The second-order valence-corrected chi connectivity index (χ2v) is 4.85. The summed E-state index contributed by atoms with van der Waals surface area (Å²) in [4.78, 5) is 0. The van der Waals surface area contributed by atoms with Gasteiger partial charge in [-0.25, -0.2) is 0 Å². The van der Waals surface area contributed by atoms with Crippen LogP contribution in [-0.4, -0.2) is 6.61 Å². The van der Waals surface area contributed by atoms with E-state index in [-0.39, 0.29) is 0 Å². The zero-order valence-corrected chi connectivity index (χ0v) is 12.3. The molecule has 0 aliphatic carbocycles. The lowest BCUT2D eigenvalue weighted by molar-refractivity contribution is 0.365. The smallest absolute Gasteiger partial charge is 0.127 e. The molecule has 2 rings (SSSR count). The van der Waals surface area contributed by atoms with Gasteiger partial charge in [0.15, 0.2) is 0 Å². The van der Waals surface area contributed by atoms with Crippen LogP contribution in [0.4, 0.5) is 0 Å². The normalized spacial score (nSPS) is 10.9. The Bertz CT molecular complexity index is 569. The zero-order valence-electron chi connectivity index (χ0n) is 12.3. The van der Waals surface area contributed by atoms with Crippen molar-refractivity contribution in [3.8, 4) is 5.75 Å². The molecule has 2 aromatic rings. The minimum atomic E-state index is 0.472. The minimum absolute atomic E-state index is 0.472. The molecule has 0 bridgehead atoms. The fourth-order valence-corrected chi connectivity index (χ4v) is 2.56. The summed E-state index contributed by atoms with van der Waals surface area (Å²) < 4.78 is 5.75. The topological polar surface area (TPSA) is 9.23 Å². The standard InChI is InChI=1S/C18H23O/c1-5-13-9-15(7-3)16-10-14(6-2)12-18(19-8-4)17(16)11-13/h9-12H,4-8H2,1-3H3. The van der Waals surface area contributed by atoms with Crippen molar-refractivity contribution in [3.05, 3.63) is 47.9 Å². The van der Waals surface area contributed by atoms with Crippen LogP contribution in [0.3, 0.4) is 0 Å². The van der Waals surface area contributed by atoms with Crippen molar-refractivity contribution in [2.75, 3.05) is 6.61 Å². The molecule has 0 unspecified atom stereocenters. The maximum Gasteiger partial charge on any atom is 0.127 e. The molecule has 19 heavy (non-hydrogen) atoms. The highest BCUT2D eigenvalue weighted by atomic mass is 16.5. The van der Waals surface area contributed by atoms with Gasteiger partial charge in [0, 0.05) is 5.39 Å². The fraction of sp³-hybridized carbons (Fsp3) is 0.389. The van der Waals surface area contributed by atoms with Crippen LogP contribution in [0, 0.1) is 6.92 Å². The third-order valence-electron chi connectivity index (χ3n) is 3.69. The predicted octanol–water partition coefficient (Wildman–Crippen LogP) is 4.74. The number of rotatable bonds is 5. The van der Waals surface area contributed by atoms with Gasteiger partial charge < -0.3 is 4.74 Å². The van der Waals surface area contributed by atoms with E-state index in [1.54, 1.807) is 0 Å². The molecule has 0 amide bonds. The summed E-state index contributed by atoms with van der Waals surface area (Å²) >= 11 is 0. The van der Waals surface area contributed by atoms with Gasteiger partial charge in [0.05, 0.1) is 6.61 Å². The number of aryl methyl sites for hydroxylation is 3. The Balaban J connectivity index is 2.75. The average Bonchev–Trinajstić information content (AvgIpc) is 2.46. The molecule has 101 valence electrons. The zero-order chi connectivity index (χ0) is 13.8. The first-order chi connectivity index (χ1) is 9.23. The fourth-order valence-electron chi connectivity index (χ4n) is 2.56. The Morgan fingerprint density at radius 2 is 1.47 bits per heavy atom. The van der Waals surface area contributed by atoms with Gasteiger partial charge in [-0.3, -0.25) is 0 Å². The first-order valence-electron chi connectivity index (χ1n) is 7.23. The highest BCUT2D eigenvalue weighted by Gasteiger charge is 2.09. The van der Waals surface area contributed by atoms with E-state index < -0.39 is 0 Å². The predicted molar refractivity (Wildman–Crippen MR) is 82.9 cm³/mol. The Hall–Kier alpha value is -1.50. The molecule has 0 fully saturated rings. The van der Waals surface area contributed by atoms with Gasteiger partial charge in [0.2, 0.25) is 0 Å². The lowest BCUT2D eigenvalue weighted by atomic mass is 9.95. The Kier molecular flexibility index (Phi) is 4.47. The molecule has 0 saturated heterocycles.